The molecule has 7 heteroatoms. The fourth-order valence-corrected chi connectivity index (χ4v) is 1.48. The topological polar surface area (TPSA) is 124 Å². The molecule has 0 radical (unpaired) electrons. The highest BCUT2D eigenvalue weighted by Gasteiger charge is 2.10. The normalized spacial score (nSPS) is 11.0. The Morgan fingerprint density at radius 2 is 1.95 bits per heavy atom. The Hall–Kier alpha value is -2.38. The van der Waals surface area contributed by atoms with Crippen LogP contribution in [0.15, 0.2) is 24.3 Å². The van der Waals surface area contributed by atoms with Gasteiger partial charge in [0, 0.05) is 12.8 Å². The van der Waals surface area contributed by atoms with E-state index in [1.807, 2.05) is 0 Å². The summed E-state index contributed by atoms with van der Waals surface area (Å²) in [6, 6.07) is 4.16. The number of aliphatic hydroxyl groups excluding tert-OH is 1. The standard InChI is InChI=1S/C14H16O7/c15-10-8-9(5-7-13(18)19)4-6-11(10)21-14(20)3-1-2-12(16)17/h4-8,13,15,18-19H,1-3H2,(H,16,17)/b7-5+. The van der Waals surface area contributed by atoms with Crippen molar-refractivity contribution in [1.82, 2.24) is 0 Å². The van der Waals surface area contributed by atoms with Crippen LogP contribution in [0.25, 0.3) is 6.08 Å². The molecule has 7 nitrogen and oxygen atoms in total. The third-order valence-corrected chi connectivity index (χ3v) is 2.44. The number of carbonyl (C=O) groups is 2. The molecule has 0 saturated heterocycles. The summed E-state index contributed by atoms with van der Waals surface area (Å²) >= 11 is 0. The molecule has 0 spiro atoms. The number of esters is 1. The van der Waals surface area contributed by atoms with E-state index in [0.29, 0.717) is 5.56 Å². The van der Waals surface area contributed by atoms with Gasteiger partial charge in [0.25, 0.3) is 0 Å². The lowest BCUT2D eigenvalue weighted by molar-refractivity contribution is -0.137. The number of aliphatic carboxylic acids is 1. The van der Waals surface area contributed by atoms with E-state index in [9.17, 15) is 14.7 Å². The molecule has 4 N–H and O–H groups in total. The molecule has 0 heterocycles. The molecule has 0 aliphatic rings. The van der Waals surface area contributed by atoms with Gasteiger partial charge in [-0.05, 0) is 30.2 Å². The van der Waals surface area contributed by atoms with E-state index in [4.69, 9.17) is 20.1 Å². The van der Waals surface area contributed by atoms with Crippen molar-refractivity contribution < 1.29 is 34.8 Å². The molecule has 0 amide bonds. The van der Waals surface area contributed by atoms with Crippen LogP contribution < -0.4 is 4.74 Å². The molecule has 0 aliphatic heterocycles. The second kappa shape index (κ2) is 8.03. The van der Waals surface area contributed by atoms with Crippen LogP contribution >= 0.6 is 0 Å². The minimum absolute atomic E-state index is 0.0444. The van der Waals surface area contributed by atoms with Gasteiger partial charge in [-0.15, -0.1) is 0 Å². The van der Waals surface area contributed by atoms with Crippen LogP contribution in [0, 0.1) is 0 Å². The number of benzene rings is 1. The van der Waals surface area contributed by atoms with E-state index >= 15 is 0 Å². The Morgan fingerprint density at radius 3 is 2.52 bits per heavy atom. The van der Waals surface area contributed by atoms with Gasteiger partial charge in [0.1, 0.15) is 0 Å². The number of hydrogen-bond acceptors (Lipinski definition) is 6. The van der Waals surface area contributed by atoms with Crippen molar-refractivity contribution in [2.24, 2.45) is 0 Å². The van der Waals surface area contributed by atoms with Crippen LogP contribution in [-0.2, 0) is 9.59 Å². The van der Waals surface area contributed by atoms with Crippen molar-refractivity contribution in [1.29, 1.82) is 0 Å². The predicted octanol–water partition coefficient (Wildman–Crippen LogP) is 0.876. The van der Waals surface area contributed by atoms with Gasteiger partial charge in [0.05, 0.1) is 0 Å². The van der Waals surface area contributed by atoms with Crippen LogP contribution in [0.3, 0.4) is 0 Å². The summed E-state index contributed by atoms with van der Waals surface area (Å²) in [4.78, 5) is 21.7. The first-order chi connectivity index (χ1) is 9.88. The molecule has 0 aliphatic carbocycles. The van der Waals surface area contributed by atoms with Gasteiger partial charge in [-0.1, -0.05) is 12.1 Å². The van der Waals surface area contributed by atoms with Gasteiger partial charge in [0.2, 0.25) is 0 Å². The van der Waals surface area contributed by atoms with E-state index in [0.717, 1.165) is 6.08 Å². The lowest BCUT2D eigenvalue weighted by Crippen LogP contribution is -2.08. The average molecular weight is 296 g/mol. The molecule has 114 valence electrons. The fourth-order valence-electron chi connectivity index (χ4n) is 1.48. The Kier molecular flexibility index (Phi) is 6.38. The SMILES string of the molecule is O=C(O)CCCC(=O)Oc1ccc(/C=C/C(O)O)cc1O. The van der Waals surface area contributed by atoms with Crippen LogP contribution in [0.4, 0.5) is 0 Å². The van der Waals surface area contributed by atoms with E-state index in [2.05, 4.69) is 0 Å². The second-order valence-electron chi connectivity index (χ2n) is 4.22. The lowest BCUT2D eigenvalue weighted by Gasteiger charge is -2.06. The van der Waals surface area contributed by atoms with Crippen molar-refractivity contribution in [3.8, 4) is 11.5 Å². The highest BCUT2D eigenvalue weighted by Crippen LogP contribution is 2.27. The van der Waals surface area contributed by atoms with E-state index in [-0.39, 0.29) is 30.8 Å². The number of carbonyl (C=O) groups excluding carboxylic acids is 1. The highest BCUT2D eigenvalue weighted by atomic mass is 16.5. The summed E-state index contributed by atoms with van der Waals surface area (Å²) in [6.45, 7) is 0. The van der Waals surface area contributed by atoms with E-state index < -0.39 is 18.2 Å². The van der Waals surface area contributed by atoms with Gasteiger partial charge in [-0.3, -0.25) is 9.59 Å². The summed E-state index contributed by atoms with van der Waals surface area (Å²) in [5.74, 6) is -1.96. The first-order valence-corrected chi connectivity index (χ1v) is 6.18. The lowest BCUT2D eigenvalue weighted by atomic mass is 10.2. The van der Waals surface area contributed by atoms with Crippen molar-refractivity contribution >= 4 is 18.0 Å². The molecule has 21 heavy (non-hydrogen) atoms. The minimum Gasteiger partial charge on any atom is -0.504 e. The zero-order valence-electron chi connectivity index (χ0n) is 11.1. The molecular weight excluding hydrogens is 280 g/mol. The molecule has 0 aromatic heterocycles. The molecule has 0 fully saturated rings. The Bertz CT molecular complexity index is 534. The number of aromatic hydroxyl groups is 1. The zero-order valence-corrected chi connectivity index (χ0v) is 11.1. The Balaban J connectivity index is 2.60. The molecule has 1 aromatic carbocycles. The monoisotopic (exact) mass is 296 g/mol. The number of phenolic OH excluding ortho intramolecular Hbond substituents is 1. The maximum Gasteiger partial charge on any atom is 0.311 e. The van der Waals surface area contributed by atoms with Crippen LogP contribution in [0.2, 0.25) is 0 Å². The number of hydrogen-bond donors (Lipinski definition) is 4. The maximum absolute atomic E-state index is 11.4. The number of phenols is 1. The number of ether oxygens (including phenoxy) is 1. The first-order valence-electron chi connectivity index (χ1n) is 6.18. The number of rotatable bonds is 7. The molecular formula is C14H16O7. The third-order valence-electron chi connectivity index (χ3n) is 2.44. The van der Waals surface area contributed by atoms with Crippen molar-refractivity contribution in [2.45, 2.75) is 25.6 Å². The van der Waals surface area contributed by atoms with Crippen molar-refractivity contribution in [2.75, 3.05) is 0 Å². The van der Waals surface area contributed by atoms with E-state index in [1.165, 1.54) is 24.3 Å². The number of carboxylic acids is 1. The Morgan fingerprint density at radius 1 is 1.24 bits per heavy atom. The predicted molar refractivity (Wildman–Crippen MR) is 72.5 cm³/mol. The maximum atomic E-state index is 11.4. The minimum atomic E-state index is -1.60. The number of carboxylic acid groups (broad SMARTS) is 1. The van der Waals surface area contributed by atoms with Crippen molar-refractivity contribution in [3.05, 3.63) is 29.8 Å². The van der Waals surface area contributed by atoms with Crippen LogP contribution in [-0.4, -0.2) is 38.7 Å². The van der Waals surface area contributed by atoms with Gasteiger partial charge in [0.15, 0.2) is 17.8 Å². The van der Waals surface area contributed by atoms with E-state index in [1.54, 1.807) is 0 Å². The summed E-state index contributed by atoms with van der Waals surface area (Å²) < 4.78 is 4.90. The Labute approximate surface area is 120 Å². The number of aliphatic hydroxyl groups is 2. The van der Waals surface area contributed by atoms with Crippen molar-refractivity contribution in [3.63, 3.8) is 0 Å². The summed E-state index contributed by atoms with van der Waals surface area (Å²) in [5.41, 5.74) is 0.492. The fraction of sp³-hybridized carbons (Fsp3) is 0.286. The molecule has 0 bridgehead atoms. The first kappa shape index (κ1) is 16.7. The second-order valence-corrected chi connectivity index (χ2v) is 4.22. The molecule has 0 saturated carbocycles. The van der Waals surface area contributed by atoms with Gasteiger partial charge >= 0.3 is 11.9 Å². The summed E-state index contributed by atoms with van der Waals surface area (Å²) in [7, 11) is 0. The van der Waals surface area contributed by atoms with Gasteiger partial charge < -0.3 is 25.2 Å². The molecule has 0 unspecified atom stereocenters. The largest absolute Gasteiger partial charge is 0.504 e. The zero-order chi connectivity index (χ0) is 15.8. The summed E-state index contributed by atoms with van der Waals surface area (Å²) in [5, 5.41) is 35.5. The van der Waals surface area contributed by atoms with Gasteiger partial charge in [-0.2, -0.15) is 0 Å². The summed E-state index contributed by atoms with van der Waals surface area (Å²) in [6.07, 6.45) is 0.844. The smallest absolute Gasteiger partial charge is 0.311 e. The third kappa shape index (κ3) is 6.55. The molecule has 1 rings (SSSR count). The quantitative estimate of drug-likeness (QED) is 0.334. The van der Waals surface area contributed by atoms with Crippen LogP contribution in [0.1, 0.15) is 24.8 Å². The molecule has 0 atom stereocenters. The van der Waals surface area contributed by atoms with Crippen LogP contribution in [0.5, 0.6) is 11.5 Å². The average Bonchev–Trinajstić information content (AvgIpc) is 2.38. The molecule has 1 aromatic rings. The highest BCUT2D eigenvalue weighted by molar-refractivity contribution is 5.74. The van der Waals surface area contributed by atoms with Gasteiger partial charge in [-0.25, -0.2) is 0 Å².